The molecule has 0 saturated carbocycles. The van der Waals surface area contributed by atoms with Crippen LogP contribution in [0.15, 0.2) is 6.20 Å². The first-order chi connectivity index (χ1) is 12.2. The number of hydrogen-bond acceptors (Lipinski definition) is 4. The minimum atomic E-state index is -4.31. The summed E-state index contributed by atoms with van der Waals surface area (Å²) < 4.78 is 46.8. The Labute approximate surface area is 154 Å². The Kier molecular flexibility index (Phi) is 5.32. The van der Waals surface area contributed by atoms with Crippen molar-refractivity contribution in [3.8, 4) is 0 Å². The first-order valence-electron chi connectivity index (χ1n) is 8.26. The highest BCUT2D eigenvalue weighted by molar-refractivity contribution is 6.28. The fourth-order valence-electron chi connectivity index (χ4n) is 3.38. The van der Waals surface area contributed by atoms with E-state index in [0.717, 1.165) is 15.9 Å². The second-order valence-electron chi connectivity index (χ2n) is 6.50. The van der Waals surface area contributed by atoms with Crippen molar-refractivity contribution in [1.29, 1.82) is 0 Å². The predicted octanol–water partition coefficient (Wildman–Crippen LogP) is 3.02. The number of imidazole rings is 1. The van der Waals surface area contributed by atoms with Crippen LogP contribution in [0.25, 0.3) is 0 Å². The molecule has 6 nitrogen and oxygen atoms in total. The molecule has 1 atom stereocenters. The Bertz CT molecular complexity index is 786. The van der Waals surface area contributed by atoms with Gasteiger partial charge in [-0.05, 0) is 25.4 Å². The summed E-state index contributed by atoms with van der Waals surface area (Å²) in [6, 6.07) is -0.167. The monoisotopic (exact) mass is 391 g/mol. The summed E-state index contributed by atoms with van der Waals surface area (Å²) in [5.41, 5.74) is 2.83. The quantitative estimate of drug-likeness (QED) is 0.803. The second-order valence-corrected chi connectivity index (χ2v) is 6.83. The van der Waals surface area contributed by atoms with Crippen LogP contribution < -0.4 is 0 Å². The molecule has 0 amide bonds. The first-order valence-corrected chi connectivity index (χ1v) is 8.63. The Morgan fingerprint density at radius 2 is 2.08 bits per heavy atom. The van der Waals surface area contributed by atoms with Gasteiger partial charge in [-0.25, -0.2) is 4.98 Å². The molecule has 144 valence electrons. The third-order valence-electron chi connectivity index (χ3n) is 4.73. The molecule has 1 aliphatic heterocycles. The number of morpholine rings is 1. The second kappa shape index (κ2) is 7.21. The zero-order chi connectivity index (χ0) is 19.1. The van der Waals surface area contributed by atoms with Crippen molar-refractivity contribution in [2.75, 3.05) is 19.8 Å². The number of nitrogens with zero attached hydrogens (tertiary/aromatic N) is 5. The minimum absolute atomic E-state index is 0.167. The normalized spacial score (nSPS) is 19.3. The average molecular weight is 392 g/mol. The van der Waals surface area contributed by atoms with E-state index in [1.165, 1.54) is 0 Å². The molecule has 1 saturated heterocycles. The molecule has 0 N–H and O–H groups in total. The molecule has 1 aliphatic rings. The molecule has 3 rings (SSSR count). The van der Waals surface area contributed by atoms with Crippen LogP contribution in [0.4, 0.5) is 13.2 Å². The van der Waals surface area contributed by atoms with E-state index in [9.17, 15) is 13.2 Å². The molecule has 0 bridgehead atoms. The Morgan fingerprint density at radius 1 is 1.35 bits per heavy atom. The van der Waals surface area contributed by atoms with Crippen LogP contribution >= 0.6 is 11.6 Å². The molecular formula is C16H21ClF3N5O. The topological polar surface area (TPSA) is 48.1 Å². The van der Waals surface area contributed by atoms with Crippen molar-refractivity contribution < 1.29 is 17.9 Å². The third kappa shape index (κ3) is 3.89. The van der Waals surface area contributed by atoms with E-state index in [-0.39, 0.29) is 6.04 Å². The van der Waals surface area contributed by atoms with Crippen LogP contribution in [0.5, 0.6) is 0 Å². The van der Waals surface area contributed by atoms with Gasteiger partial charge < -0.3 is 9.30 Å². The van der Waals surface area contributed by atoms with Gasteiger partial charge in [-0.15, -0.1) is 0 Å². The molecule has 0 spiro atoms. The molecule has 26 heavy (non-hydrogen) atoms. The van der Waals surface area contributed by atoms with Crippen LogP contribution in [-0.4, -0.2) is 50.2 Å². The fraction of sp³-hybridized carbons (Fsp3) is 0.625. The lowest BCUT2D eigenvalue weighted by Gasteiger charge is -2.36. The predicted molar refractivity (Wildman–Crippen MR) is 89.9 cm³/mol. The van der Waals surface area contributed by atoms with Gasteiger partial charge in [-0.1, -0.05) is 0 Å². The van der Waals surface area contributed by atoms with Crippen molar-refractivity contribution >= 4 is 11.6 Å². The van der Waals surface area contributed by atoms with Crippen LogP contribution in [0.3, 0.4) is 0 Å². The van der Waals surface area contributed by atoms with Crippen LogP contribution in [-0.2, 0) is 24.9 Å². The number of hydrogen-bond donors (Lipinski definition) is 0. The van der Waals surface area contributed by atoms with E-state index >= 15 is 0 Å². The van der Waals surface area contributed by atoms with Gasteiger partial charge in [0.25, 0.3) is 0 Å². The molecule has 2 aromatic rings. The lowest BCUT2D eigenvalue weighted by molar-refractivity contribution is -0.143. The summed E-state index contributed by atoms with van der Waals surface area (Å²) in [6.07, 6.45) is -2.60. The number of ether oxygens (including phenoxy) is 1. The maximum absolute atomic E-state index is 12.8. The lowest BCUT2D eigenvalue weighted by Crippen LogP contribution is -2.39. The van der Waals surface area contributed by atoms with Crippen LogP contribution in [0, 0.1) is 13.8 Å². The smallest absolute Gasteiger partial charge is 0.378 e. The summed E-state index contributed by atoms with van der Waals surface area (Å²) >= 11 is 6.00. The van der Waals surface area contributed by atoms with E-state index in [4.69, 9.17) is 16.3 Å². The highest BCUT2D eigenvalue weighted by Crippen LogP contribution is 2.32. The van der Waals surface area contributed by atoms with Gasteiger partial charge in [0.2, 0.25) is 5.28 Å². The number of rotatable bonds is 4. The lowest BCUT2D eigenvalue weighted by atomic mass is 10.0. The molecule has 1 unspecified atom stereocenters. The van der Waals surface area contributed by atoms with Gasteiger partial charge in [-0.3, -0.25) is 9.58 Å². The van der Waals surface area contributed by atoms with Crippen LogP contribution in [0.2, 0.25) is 5.28 Å². The third-order valence-corrected chi connectivity index (χ3v) is 5.08. The van der Waals surface area contributed by atoms with Gasteiger partial charge >= 0.3 is 6.18 Å². The van der Waals surface area contributed by atoms with Gasteiger partial charge in [0, 0.05) is 31.4 Å². The van der Waals surface area contributed by atoms with Gasteiger partial charge in [0.15, 0.2) is 0 Å². The molecule has 10 heteroatoms. The molecule has 3 heterocycles. The summed E-state index contributed by atoms with van der Waals surface area (Å²) in [6.45, 7) is 4.54. The minimum Gasteiger partial charge on any atom is -0.378 e. The zero-order valence-electron chi connectivity index (χ0n) is 14.8. The maximum Gasteiger partial charge on any atom is 0.408 e. The Hall–Kier alpha value is -1.58. The molecule has 0 radical (unpaired) electrons. The standard InChI is InChI=1S/C16H21ClF3N5O/c1-10-14(11(2)25(22-10)9-16(18,19)20)13-8-26-5-4-24(13)7-12-6-21-15(17)23(12)3/h6,13H,4-5,7-9H2,1-3H3. The first kappa shape index (κ1) is 19.2. The largest absolute Gasteiger partial charge is 0.408 e. The van der Waals surface area contributed by atoms with E-state index < -0.39 is 12.7 Å². The van der Waals surface area contributed by atoms with Crippen molar-refractivity contribution in [3.63, 3.8) is 0 Å². The summed E-state index contributed by atoms with van der Waals surface area (Å²) in [4.78, 5) is 6.26. The molecule has 2 aromatic heterocycles. The Balaban J connectivity index is 1.89. The van der Waals surface area contributed by atoms with Crippen molar-refractivity contribution in [3.05, 3.63) is 34.1 Å². The summed E-state index contributed by atoms with van der Waals surface area (Å²) in [7, 11) is 1.83. The number of aromatic nitrogens is 4. The summed E-state index contributed by atoms with van der Waals surface area (Å²) in [5, 5.41) is 4.51. The number of aryl methyl sites for hydroxylation is 1. The van der Waals surface area contributed by atoms with E-state index in [1.807, 2.05) is 7.05 Å². The molecule has 1 fully saturated rings. The van der Waals surface area contributed by atoms with Crippen LogP contribution in [0.1, 0.15) is 28.7 Å². The molecule has 0 aliphatic carbocycles. The molecular weight excluding hydrogens is 371 g/mol. The Morgan fingerprint density at radius 3 is 2.69 bits per heavy atom. The highest BCUT2D eigenvalue weighted by atomic mass is 35.5. The fourth-order valence-corrected chi connectivity index (χ4v) is 3.54. The van der Waals surface area contributed by atoms with E-state index in [0.29, 0.717) is 43.0 Å². The van der Waals surface area contributed by atoms with E-state index in [1.54, 1.807) is 24.6 Å². The zero-order valence-corrected chi connectivity index (χ0v) is 15.6. The highest BCUT2D eigenvalue weighted by Gasteiger charge is 2.34. The summed E-state index contributed by atoms with van der Waals surface area (Å²) in [5.74, 6) is 0. The van der Waals surface area contributed by atoms with Gasteiger partial charge in [-0.2, -0.15) is 18.3 Å². The van der Waals surface area contributed by atoms with E-state index in [2.05, 4.69) is 15.0 Å². The van der Waals surface area contributed by atoms with Gasteiger partial charge in [0.1, 0.15) is 6.54 Å². The average Bonchev–Trinajstić information content (AvgIpc) is 3.00. The molecule has 0 aromatic carbocycles. The maximum atomic E-state index is 12.8. The number of alkyl halides is 3. The number of halogens is 4. The van der Waals surface area contributed by atoms with Crippen molar-refractivity contribution in [1.82, 2.24) is 24.2 Å². The van der Waals surface area contributed by atoms with Crippen molar-refractivity contribution in [2.45, 2.75) is 39.2 Å². The SMILES string of the molecule is Cc1nn(CC(F)(F)F)c(C)c1C1COCCN1Cc1cnc(Cl)n1C. The van der Waals surface area contributed by atoms with Gasteiger partial charge in [0.05, 0.1) is 36.8 Å². The van der Waals surface area contributed by atoms with Crippen molar-refractivity contribution in [2.24, 2.45) is 7.05 Å².